The lowest BCUT2D eigenvalue weighted by Crippen LogP contribution is -2.32. The number of aliphatic carboxylic acids is 1. The number of carbonyl (C=O) groups is 1. The first kappa shape index (κ1) is 9.30. The van der Waals surface area contributed by atoms with Gasteiger partial charge in [0, 0.05) is 0 Å². The Morgan fingerprint density at radius 3 is 2.67 bits per heavy atom. The molecule has 0 aromatic carbocycles. The minimum atomic E-state index is -0.663. The van der Waals surface area contributed by atoms with Crippen molar-refractivity contribution in [2.75, 3.05) is 0 Å². The molecule has 1 aliphatic carbocycles. The van der Waals surface area contributed by atoms with Gasteiger partial charge >= 0.3 is 5.97 Å². The number of carboxylic acids is 1. The molecule has 2 heteroatoms. The Hall–Kier alpha value is -0.790. The Bertz CT molecular complexity index is 226. The predicted octanol–water partition coefficient (Wildman–Crippen LogP) is 2.45. The minimum absolute atomic E-state index is 0.172. The van der Waals surface area contributed by atoms with Gasteiger partial charge in [0.2, 0.25) is 0 Å². The third-order valence-electron chi connectivity index (χ3n) is 2.64. The highest BCUT2D eigenvalue weighted by molar-refractivity contribution is 5.71. The van der Waals surface area contributed by atoms with Crippen molar-refractivity contribution in [3.05, 3.63) is 11.6 Å². The maximum Gasteiger partial charge on any atom is 0.307 e. The lowest BCUT2D eigenvalue weighted by Gasteiger charge is -2.33. The summed E-state index contributed by atoms with van der Waals surface area (Å²) < 4.78 is 0. The smallest absolute Gasteiger partial charge is 0.307 e. The molecule has 0 amide bonds. The van der Waals surface area contributed by atoms with Crippen molar-refractivity contribution in [2.45, 2.75) is 33.6 Å². The maximum atomic E-state index is 10.8. The Morgan fingerprint density at radius 1 is 1.67 bits per heavy atom. The molecule has 0 saturated heterocycles. The summed E-state index contributed by atoms with van der Waals surface area (Å²) in [6.07, 6.45) is 3.81. The number of carboxylic acid groups (broad SMARTS) is 1. The Morgan fingerprint density at radius 2 is 2.25 bits per heavy atom. The van der Waals surface area contributed by atoms with Gasteiger partial charge in [-0.15, -0.1) is 0 Å². The van der Waals surface area contributed by atoms with Crippen LogP contribution in [0.15, 0.2) is 11.6 Å². The standard InChI is InChI=1S/C10H16O2/c1-7-4-5-8(9(11)12)10(2,3)6-7/h6,8H,4-5H2,1-3H3,(H,11,12)/t8-/m0/s1. The van der Waals surface area contributed by atoms with Gasteiger partial charge in [-0.25, -0.2) is 0 Å². The molecule has 68 valence electrons. The second-order valence-electron chi connectivity index (χ2n) is 4.24. The molecule has 0 radical (unpaired) electrons. The van der Waals surface area contributed by atoms with Crippen molar-refractivity contribution in [1.29, 1.82) is 0 Å². The number of rotatable bonds is 1. The van der Waals surface area contributed by atoms with E-state index in [4.69, 9.17) is 5.11 Å². The maximum absolute atomic E-state index is 10.8. The molecule has 1 aliphatic rings. The molecule has 0 unspecified atom stereocenters. The average Bonchev–Trinajstić information content (AvgIpc) is 1.82. The lowest BCUT2D eigenvalue weighted by atomic mass is 9.71. The van der Waals surface area contributed by atoms with Gasteiger partial charge in [-0.1, -0.05) is 25.5 Å². The average molecular weight is 168 g/mol. The van der Waals surface area contributed by atoms with Crippen LogP contribution in [0.25, 0.3) is 0 Å². The van der Waals surface area contributed by atoms with Crippen LogP contribution in [0.3, 0.4) is 0 Å². The predicted molar refractivity (Wildman–Crippen MR) is 47.9 cm³/mol. The monoisotopic (exact) mass is 168 g/mol. The first-order valence-corrected chi connectivity index (χ1v) is 4.34. The molecule has 0 aromatic rings. The van der Waals surface area contributed by atoms with Crippen LogP contribution in [0.5, 0.6) is 0 Å². The molecule has 0 fully saturated rings. The number of allylic oxidation sites excluding steroid dienone is 2. The number of hydrogen-bond acceptors (Lipinski definition) is 1. The van der Waals surface area contributed by atoms with Crippen LogP contribution in [0.4, 0.5) is 0 Å². The normalized spacial score (nSPS) is 27.9. The molecular weight excluding hydrogens is 152 g/mol. The van der Waals surface area contributed by atoms with Gasteiger partial charge in [-0.05, 0) is 25.2 Å². The molecule has 0 bridgehead atoms. The summed E-state index contributed by atoms with van der Waals surface area (Å²) in [6.45, 7) is 6.06. The second kappa shape index (κ2) is 2.92. The molecular formula is C10H16O2. The van der Waals surface area contributed by atoms with Gasteiger partial charge < -0.3 is 5.11 Å². The van der Waals surface area contributed by atoms with Crippen LogP contribution in [-0.2, 0) is 4.79 Å². The van der Waals surface area contributed by atoms with Crippen LogP contribution in [0, 0.1) is 11.3 Å². The van der Waals surface area contributed by atoms with Crippen LogP contribution < -0.4 is 0 Å². The number of hydrogen-bond donors (Lipinski definition) is 1. The van der Waals surface area contributed by atoms with E-state index in [2.05, 4.69) is 13.0 Å². The summed E-state index contributed by atoms with van der Waals surface area (Å²) >= 11 is 0. The van der Waals surface area contributed by atoms with Crippen molar-refractivity contribution in [3.63, 3.8) is 0 Å². The van der Waals surface area contributed by atoms with E-state index >= 15 is 0 Å². The van der Waals surface area contributed by atoms with Gasteiger partial charge in [0.1, 0.15) is 0 Å². The minimum Gasteiger partial charge on any atom is -0.481 e. The highest BCUT2D eigenvalue weighted by atomic mass is 16.4. The van der Waals surface area contributed by atoms with Crippen LogP contribution in [-0.4, -0.2) is 11.1 Å². The zero-order chi connectivity index (χ0) is 9.35. The molecule has 1 atom stereocenters. The lowest BCUT2D eigenvalue weighted by molar-refractivity contribution is -0.145. The SMILES string of the molecule is CC1=CC(C)(C)[C@H](C(=O)O)CC1. The van der Waals surface area contributed by atoms with Gasteiger partial charge in [-0.3, -0.25) is 4.79 Å². The van der Waals surface area contributed by atoms with E-state index in [0.717, 1.165) is 12.8 Å². The zero-order valence-electron chi connectivity index (χ0n) is 7.92. The van der Waals surface area contributed by atoms with E-state index in [1.54, 1.807) is 0 Å². The van der Waals surface area contributed by atoms with Crippen molar-refractivity contribution in [1.82, 2.24) is 0 Å². The van der Waals surface area contributed by atoms with Crippen molar-refractivity contribution < 1.29 is 9.90 Å². The van der Waals surface area contributed by atoms with Crippen LogP contribution in [0.1, 0.15) is 33.6 Å². The molecule has 1 N–H and O–H groups in total. The van der Waals surface area contributed by atoms with Gasteiger partial charge in [0.15, 0.2) is 0 Å². The fraction of sp³-hybridized carbons (Fsp3) is 0.700. The first-order valence-electron chi connectivity index (χ1n) is 4.34. The van der Waals surface area contributed by atoms with Crippen molar-refractivity contribution in [3.8, 4) is 0 Å². The Labute approximate surface area is 73.3 Å². The summed E-state index contributed by atoms with van der Waals surface area (Å²) in [5.41, 5.74) is 1.14. The van der Waals surface area contributed by atoms with E-state index in [-0.39, 0.29) is 11.3 Å². The quantitative estimate of drug-likeness (QED) is 0.610. The van der Waals surface area contributed by atoms with Crippen LogP contribution >= 0.6 is 0 Å². The summed E-state index contributed by atoms with van der Waals surface area (Å²) in [5, 5.41) is 8.93. The van der Waals surface area contributed by atoms with Gasteiger partial charge in [-0.2, -0.15) is 0 Å². The van der Waals surface area contributed by atoms with Crippen molar-refractivity contribution in [2.24, 2.45) is 11.3 Å². The van der Waals surface area contributed by atoms with Crippen LogP contribution in [0.2, 0.25) is 0 Å². The van der Waals surface area contributed by atoms with E-state index in [0.29, 0.717) is 0 Å². The molecule has 0 heterocycles. The Balaban J connectivity index is 2.89. The molecule has 1 rings (SSSR count). The van der Waals surface area contributed by atoms with Gasteiger partial charge in [0.25, 0.3) is 0 Å². The Kier molecular flexibility index (Phi) is 2.27. The van der Waals surface area contributed by atoms with E-state index < -0.39 is 5.97 Å². The van der Waals surface area contributed by atoms with E-state index in [1.807, 2.05) is 13.8 Å². The fourth-order valence-electron chi connectivity index (χ4n) is 1.99. The highest BCUT2D eigenvalue weighted by Gasteiger charge is 2.35. The third kappa shape index (κ3) is 1.68. The van der Waals surface area contributed by atoms with Gasteiger partial charge in [0.05, 0.1) is 5.92 Å². The first-order chi connectivity index (χ1) is 5.43. The second-order valence-corrected chi connectivity index (χ2v) is 4.24. The summed E-state index contributed by atoms with van der Waals surface area (Å²) in [5.74, 6) is -0.870. The molecule has 0 saturated carbocycles. The molecule has 0 aliphatic heterocycles. The van der Waals surface area contributed by atoms with E-state index in [1.165, 1.54) is 5.57 Å². The summed E-state index contributed by atoms with van der Waals surface area (Å²) in [7, 11) is 0. The zero-order valence-corrected chi connectivity index (χ0v) is 7.92. The molecule has 12 heavy (non-hydrogen) atoms. The molecule has 0 aromatic heterocycles. The summed E-state index contributed by atoms with van der Waals surface area (Å²) in [4.78, 5) is 10.8. The fourth-order valence-corrected chi connectivity index (χ4v) is 1.99. The highest BCUT2D eigenvalue weighted by Crippen LogP contribution is 2.38. The largest absolute Gasteiger partial charge is 0.481 e. The van der Waals surface area contributed by atoms with E-state index in [9.17, 15) is 4.79 Å². The topological polar surface area (TPSA) is 37.3 Å². The molecule has 0 spiro atoms. The van der Waals surface area contributed by atoms with Crippen molar-refractivity contribution >= 4 is 5.97 Å². The summed E-state index contributed by atoms with van der Waals surface area (Å²) in [6, 6.07) is 0. The molecule has 2 nitrogen and oxygen atoms in total. The third-order valence-corrected chi connectivity index (χ3v) is 2.64.